The molecule has 1 aliphatic heterocycles. The predicted octanol–water partition coefficient (Wildman–Crippen LogP) is 2.07. The summed E-state index contributed by atoms with van der Waals surface area (Å²) in [5, 5.41) is 3.34. The molecule has 1 N–H and O–H groups in total. The zero-order valence-electron chi connectivity index (χ0n) is 9.48. The number of benzene rings is 1. The van der Waals surface area contributed by atoms with Crippen LogP contribution in [0.15, 0.2) is 12.1 Å². The maximum Gasteiger partial charge on any atom is 0.130 e. The maximum absolute atomic E-state index is 13.5. The Bertz CT molecular complexity index is 369. The van der Waals surface area contributed by atoms with Crippen LogP contribution in [-0.4, -0.2) is 37.6 Å². The van der Waals surface area contributed by atoms with E-state index in [-0.39, 0.29) is 10.6 Å². The summed E-state index contributed by atoms with van der Waals surface area (Å²) in [6, 6.07) is 2.33. The van der Waals surface area contributed by atoms with E-state index in [0.29, 0.717) is 13.0 Å². The van der Waals surface area contributed by atoms with Crippen molar-refractivity contribution in [3.63, 3.8) is 0 Å². The number of rotatable bonds is 3. The Morgan fingerprint density at radius 1 is 1.18 bits per heavy atom. The van der Waals surface area contributed by atoms with Crippen LogP contribution in [0.4, 0.5) is 8.78 Å². The largest absolute Gasteiger partial charge is 0.314 e. The molecule has 2 nitrogen and oxygen atoms in total. The normalized spacial score (nSPS) is 17.4. The number of nitrogens with zero attached hydrogens (tertiary/aromatic N) is 1. The van der Waals surface area contributed by atoms with E-state index in [1.165, 1.54) is 0 Å². The molecule has 0 saturated carbocycles. The molecule has 0 radical (unpaired) electrons. The van der Waals surface area contributed by atoms with E-state index < -0.39 is 11.6 Å². The standard InChI is InChI=1S/C12H15ClF2N2/c13-9-7-11(14)10(12(15)8-9)1-4-17-5-2-16-3-6-17/h7-8,16H,1-6H2. The van der Waals surface area contributed by atoms with Gasteiger partial charge in [-0.05, 0) is 18.6 Å². The molecule has 1 aromatic rings. The van der Waals surface area contributed by atoms with Gasteiger partial charge in [-0.3, -0.25) is 0 Å². The van der Waals surface area contributed by atoms with Crippen LogP contribution < -0.4 is 5.32 Å². The van der Waals surface area contributed by atoms with Gasteiger partial charge in [-0.25, -0.2) is 8.78 Å². The summed E-state index contributed by atoms with van der Waals surface area (Å²) in [4.78, 5) is 2.20. The van der Waals surface area contributed by atoms with E-state index in [4.69, 9.17) is 11.6 Å². The third kappa shape index (κ3) is 3.37. The Balaban J connectivity index is 1.98. The van der Waals surface area contributed by atoms with Crippen LogP contribution >= 0.6 is 11.6 Å². The van der Waals surface area contributed by atoms with Crippen LogP contribution in [0.5, 0.6) is 0 Å². The Hall–Kier alpha value is -0.710. The molecule has 17 heavy (non-hydrogen) atoms. The molecule has 2 rings (SSSR count). The number of halogens is 3. The minimum Gasteiger partial charge on any atom is -0.314 e. The monoisotopic (exact) mass is 260 g/mol. The highest BCUT2D eigenvalue weighted by molar-refractivity contribution is 6.30. The average molecular weight is 261 g/mol. The lowest BCUT2D eigenvalue weighted by molar-refractivity contribution is 0.242. The van der Waals surface area contributed by atoms with Gasteiger partial charge < -0.3 is 10.2 Å². The quantitative estimate of drug-likeness (QED) is 0.895. The molecule has 1 saturated heterocycles. The Kier molecular flexibility index (Phi) is 4.31. The number of hydrogen-bond donors (Lipinski definition) is 1. The third-order valence-electron chi connectivity index (χ3n) is 2.99. The third-order valence-corrected chi connectivity index (χ3v) is 3.21. The molecule has 1 fully saturated rings. The molecular formula is C12H15ClF2N2. The average Bonchev–Trinajstić information content (AvgIpc) is 2.29. The number of hydrogen-bond acceptors (Lipinski definition) is 2. The van der Waals surface area contributed by atoms with Gasteiger partial charge in [-0.1, -0.05) is 11.6 Å². The first-order valence-corrected chi connectivity index (χ1v) is 6.11. The Labute approximate surface area is 105 Å². The molecule has 0 spiro atoms. The van der Waals surface area contributed by atoms with Crippen molar-refractivity contribution in [2.75, 3.05) is 32.7 Å². The zero-order valence-corrected chi connectivity index (χ0v) is 10.2. The smallest absolute Gasteiger partial charge is 0.130 e. The highest BCUT2D eigenvalue weighted by atomic mass is 35.5. The van der Waals surface area contributed by atoms with Crippen molar-refractivity contribution in [1.82, 2.24) is 10.2 Å². The minimum atomic E-state index is -0.551. The summed E-state index contributed by atoms with van der Waals surface area (Å²) < 4.78 is 27.0. The molecule has 0 bridgehead atoms. The van der Waals surface area contributed by atoms with Crippen LogP contribution in [0.3, 0.4) is 0 Å². The van der Waals surface area contributed by atoms with E-state index in [1.807, 2.05) is 0 Å². The highest BCUT2D eigenvalue weighted by Crippen LogP contribution is 2.19. The number of nitrogens with one attached hydrogen (secondary N) is 1. The molecule has 1 aliphatic rings. The Morgan fingerprint density at radius 3 is 2.35 bits per heavy atom. The molecule has 1 heterocycles. The molecule has 0 atom stereocenters. The van der Waals surface area contributed by atoms with E-state index in [9.17, 15) is 8.78 Å². The van der Waals surface area contributed by atoms with Crippen molar-refractivity contribution in [2.24, 2.45) is 0 Å². The molecule has 94 valence electrons. The molecular weight excluding hydrogens is 246 g/mol. The van der Waals surface area contributed by atoms with Gasteiger partial charge in [0.2, 0.25) is 0 Å². The lowest BCUT2D eigenvalue weighted by atomic mass is 10.1. The van der Waals surface area contributed by atoms with Gasteiger partial charge in [0.25, 0.3) is 0 Å². The van der Waals surface area contributed by atoms with Crippen LogP contribution in [0.1, 0.15) is 5.56 Å². The van der Waals surface area contributed by atoms with Crippen LogP contribution in [0, 0.1) is 11.6 Å². The molecule has 0 amide bonds. The second-order valence-corrected chi connectivity index (χ2v) is 4.63. The molecule has 0 aliphatic carbocycles. The summed E-state index contributed by atoms with van der Waals surface area (Å²) in [6.45, 7) is 4.40. The van der Waals surface area contributed by atoms with Gasteiger partial charge in [0.1, 0.15) is 11.6 Å². The van der Waals surface area contributed by atoms with Crippen LogP contribution in [0.25, 0.3) is 0 Å². The van der Waals surface area contributed by atoms with Crippen molar-refractivity contribution < 1.29 is 8.78 Å². The summed E-state index contributed by atoms with van der Waals surface area (Å²) in [7, 11) is 0. The van der Waals surface area contributed by atoms with E-state index in [2.05, 4.69) is 10.2 Å². The van der Waals surface area contributed by atoms with Gasteiger partial charge >= 0.3 is 0 Å². The first kappa shape index (κ1) is 12.7. The maximum atomic E-state index is 13.5. The fraction of sp³-hybridized carbons (Fsp3) is 0.500. The van der Waals surface area contributed by atoms with Gasteiger partial charge in [-0.2, -0.15) is 0 Å². The summed E-state index contributed by atoms with van der Waals surface area (Å²) in [5.74, 6) is -1.10. The second-order valence-electron chi connectivity index (χ2n) is 4.19. The molecule has 5 heteroatoms. The molecule has 0 unspecified atom stereocenters. The van der Waals surface area contributed by atoms with Crippen LogP contribution in [0.2, 0.25) is 5.02 Å². The Morgan fingerprint density at radius 2 is 1.76 bits per heavy atom. The van der Waals surface area contributed by atoms with Gasteiger partial charge in [-0.15, -0.1) is 0 Å². The highest BCUT2D eigenvalue weighted by Gasteiger charge is 2.14. The number of piperazine rings is 1. The SMILES string of the molecule is Fc1cc(Cl)cc(F)c1CCN1CCNCC1. The lowest BCUT2D eigenvalue weighted by Crippen LogP contribution is -2.44. The first-order valence-electron chi connectivity index (χ1n) is 5.73. The van der Waals surface area contributed by atoms with Crippen molar-refractivity contribution in [1.29, 1.82) is 0 Å². The van der Waals surface area contributed by atoms with Crippen molar-refractivity contribution >= 4 is 11.6 Å². The van der Waals surface area contributed by atoms with E-state index >= 15 is 0 Å². The van der Waals surface area contributed by atoms with E-state index in [1.54, 1.807) is 0 Å². The van der Waals surface area contributed by atoms with E-state index in [0.717, 1.165) is 38.3 Å². The zero-order chi connectivity index (χ0) is 12.3. The van der Waals surface area contributed by atoms with Crippen molar-refractivity contribution in [3.05, 3.63) is 34.4 Å². The van der Waals surface area contributed by atoms with Crippen molar-refractivity contribution in [3.8, 4) is 0 Å². The first-order chi connectivity index (χ1) is 8.16. The summed E-state index contributed by atoms with van der Waals surface area (Å²) >= 11 is 5.57. The summed E-state index contributed by atoms with van der Waals surface area (Å²) in [6.07, 6.45) is 0.384. The predicted molar refractivity (Wildman–Crippen MR) is 64.4 cm³/mol. The summed E-state index contributed by atoms with van der Waals surface area (Å²) in [5.41, 5.74) is 0.132. The topological polar surface area (TPSA) is 15.3 Å². The van der Waals surface area contributed by atoms with Gasteiger partial charge in [0.05, 0.1) is 0 Å². The van der Waals surface area contributed by atoms with Crippen molar-refractivity contribution in [2.45, 2.75) is 6.42 Å². The second kappa shape index (κ2) is 5.76. The fourth-order valence-corrected chi connectivity index (χ4v) is 2.21. The van der Waals surface area contributed by atoms with Gasteiger partial charge in [0.15, 0.2) is 0 Å². The van der Waals surface area contributed by atoms with Gasteiger partial charge in [0, 0.05) is 43.3 Å². The molecule has 1 aromatic carbocycles. The molecule has 0 aromatic heterocycles. The fourth-order valence-electron chi connectivity index (χ4n) is 2.02. The minimum absolute atomic E-state index is 0.103. The lowest BCUT2D eigenvalue weighted by Gasteiger charge is -2.27. The van der Waals surface area contributed by atoms with Crippen LogP contribution in [-0.2, 0) is 6.42 Å².